The summed E-state index contributed by atoms with van der Waals surface area (Å²) in [6, 6.07) is 10.9. The number of halogens is 3. The maximum absolute atomic E-state index is 14.9. The second-order valence-corrected chi connectivity index (χ2v) is 10.1. The predicted octanol–water partition coefficient (Wildman–Crippen LogP) is 4.84. The summed E-state index contributed by atoms with van der Waals surface area (Å²) in [5.74, 6) is -2.72. The monoisotopic (exact) mass is 537 g/mol. The van der Waals surface area contributed by atoms with E-state index < -0.39 is 38.7 Å². The minimum absolute atomic E-state index is 0.0949. The Hall–Kier alpha value is -3.52. The average molecular weight is 538 g/mol. The second-order valence-electron chi connectivity index (χ2n) is 7.26. The van der Waals surface area contributed by atoms with Gasteiger partial charge in [-0.1, -0.05) is 17.7 Å². The molecule has 14 heteroatoms. The van der Waals surface area contributed by atoms with Crippen LogP contribution in [0.4, 0.5) is 25.3 Å². The fourth-order valence-corrected chi connectivity index (χ4v) is 5.31. The highest BCUT2D eigenvalue weighted by molar-refractivity contribution is 7.93. The first-order chi connectivity index (χ1) is 16.7. The predicted molar refractivity (Wildman–Crippen MR) is 127 cm³/mol. The number of nitrogens with zero attached hydrogens (tertiary/aromatic N) is 2. The van der Waals surface area contributed by atoms with Crippen LogP contribution < -0.4 is 20.1 Å². The second kappa shape index (κ2) is 8.92. The van der Waals surface area contributed by atoms with Crippen molar-refractivity contribution in [3.63, 3.8) is 0 Å². The fraction of sp³-hybridized carbons (Fsp3) is 0.0476. The van der Waals surface area contributed by atoms with Crippen LogP contribution in [0.15, 0.2) is 59.8 Å². The molecule has 0 radical (unpaired) electrons. The molecule has 0 saturated heterocycles. The van der Waals surface area contributed by atoms with Crippen molar-refractivity contribution in [2.24, 2.45) is 0 Å². The van der Waals surface area contributed by atoms with Crippen molar-refractivity contribution in [3.8, 4) is 22.6 Å². The molecule has 180 valence electrons. The average Bonchev–Trinajstić information content (AvgIpc) is 3.44. The number of ether oxygens (including phenoxy) is 1. The Bertz CT molecular complexity index is 1540. The summed E-state index contributed by atoms with van der Waals surface area (Å²) >= 11 is 6.90. The fourth-order valence-electron chi connectivity index (χ4n) is 3.41. The molecule has 1 aliphatic heterocycles. The maximum atomic E-state index is 14.9. The maximum Gasteiger partial charge on any atom is 0.266 e. The van der Waals surface area contributed by atoms with Crippen LogP contribution in [0.1, 0.15) is 0 Å². The van der Waals surface area contributed by atoms with Crippen molar-refractivity contribution >= 4 is 49.7 Å². The van der Waals surface area contributed by atoms with Crippen molar-refractivity contribution in [3.05, 3.63) is 71.5 Å². The number of hydrogen-bond acceptors (Lipinski definition) is 9. The van der Waals surface area contributed by atoms with Gasteiger partial charge in [0.2, 0.25) is 11.5 Å². The normalized spacial score (nSPS) is 14.7. The molecule has 3 aromatic carbocycles. The number of aliphatic hydroxyl groups excluding tert-OH is 1. The molecule has 0 spiro atoms. The van der Waals surface area contributed by atoms with Crippen LogP contribution in [0.25, 0.3) is 11.1 Å². The number of rotatable bonds is 6. The van der Waals surface area contributed by atoms with E-state index in [9.17, 15) is 22.3 Å². The molecule has 0 saturated carbocycles. The molecule has 0 fully saturated rings. The van der Waals surface area contributed by atoms with E-state index in [1.54, 1.807) is 24.3 Å². The Morgan fingerprint density at radius 2 is 1.83 bits per heavy atom. The number of hydrogen-bond donors (Lipinski definition) is 4. The zero-order valence-corrected chi connectivity index (χ0v) is 19.7. The summed E-state index contributed by atoms with van der Waals surface area (Å²) in [5, 5.41) is 15.6. The van der Waals surface area contributed by atoms with Crippen molar-refractivity contribution in [1.29, 1.82) is 0 Å². The lowest BCUT2D eigenvalue weighted by Crippen LogP contribution is -2.20. The Kier molecular flexibility index (Phi) is 5.92. The lowest BCUT2D eigenvalue weighted by atomic mass is 10.0. The molecule has 9 nitrogen and oxygen atoms in total. The summed E-state index contributed by atoms with van der Waals surface area (Å²) in [6.45, 7) is 0. The van der Waals surface area contributed by atoms with Crippen molar-refractivity contribution in [1.82, 2.24) is 9.36 Å². The van der Waals surface area contributed by atoms with E-state index in [4.69, 9.17) is 16.3 Å². The molecule has 1 aromatic heterocycles. The van der Waals surface area contributed by atoms with Gasteiger partial charge in [-0.2, -0.15) is 4.37 Å². The molecule has 4 aromatic rings. The molecule has 5 rings (SSSR count). The van der Waals surface area contributed by atoms with Crippen LogP contribution in [0.5, 0.6) is 11.5 Å². The molecular formula is C21H14ClF2N5O4S2. The number of anilines is 3. The third-order valence-corrected chi connectivity index (χ3v) is 7.23. The highest BCUT2D eigenvalue weighted by Gasteiger charge is 2.25. The van der Waals surface area contributed by atoms with Gasteiger partial charge >= 0.3 is 0 Å². The van der Waals surface area contributed by atoms with Gasteiger partial charge in [-0.05, 0) is 35.9 Å². The number of fused-ring (bicyclic) bond motifs is 1. The van der Waals surface area contributed by atoms with Gasteiger partial charge in [-0.25, -0.2) is 22.2 Å². The Labute approximate surface area is 206 Å². The topological polar surface area (TPSA) is 125 Å². The molecule has 1 aliphatic rings. The van der Waals surface area contributed by atoms with Gasteiger partial charge in [0.25, 0.3) is 10.0 Å². The number of sulfonamides is 1. The minimum atomic E-state index is -4.46. The zero-order chi connectivity index (χ0) is 24.7. The molecule has 1 atom stereocenters. The molecule has 2 heterocycles. The van der Waals surface area contributed by atoms with E-state index in [2.05, 4.69) is 20.0 Å². The van der Waals surface area contributed by atoms with E-state index in [-0.39, 0.29) is 10.9 Å². The van der Waals surface area contributed by atoms with E-state index in [0.717, 1.165) is 17.9 Å². The summed E-state index contributed by atoms with van der Waals surface area (Å²) in [6.07, 6.45) is 0.180. The van der Waals surface area contributed by atoms with Crippen LogP contribution in [0.3, 0.4) is 0 Å². The van der Waals surface area contributed by atoms with Crippen molar-refractivity contribution in [2.75, 3.05) is 15.4 Å². The smallest absolute Gasteiger partial charge is 0.266 e. The highest BCUT2D eigenvalue weighted by atomic mass is 35.5. The van der Waals surface area contributed by atoms with E-state index in [0.29, 0.717) is 39.7 Å². The Balaban J connectivity index is 1.48. The third kappa shape index (κ3) is 4.71. The molecule has 0 amide bonds. The minimum Gasteiger partial charge on any atom is -0.454 e. The van der Waals surface area contributed by atoms with Crippen molar-refractivity contribution < 1.29 is 27.0 Å². The molecule has 35 heavy (non-hydrogen) atoms. The summed E-state index contributed by atoms with van der Waals surface area (Å²) in [5.41, 5.74) is 2.37. The van der Waals surface area contributed by atoms with Gasteiger partial charge in [0, 0.05) is 34.3 Å². The number of nitrogens with one attached hydrogen (secondary N) is 3. The third-order valence-electron chi connectivity index (χ3n) is 4.94. The molecule has 4 N–H and O–H groups in total. The van der Waals surface area contributed by atoms with Crippen LogP contribution in [-0.4, -0.2) is 29.2 Å². The molecule has 0 aliphatic carbocycles. The molecule has 0 bridgehead atoms. The summed E-state index contributed by atoms with van der Waals surface area (Å²) < 4.78 is 65.9. The van der Waals surface area contributed by atoms with Gasteiger partial charge in [0.05, 0.1) is 11.4 Å². The van der Waals surface area contributed by atoms with Crippen LogP contribution in [-0.2, 0) is 10.0 Å². The van der Waals surface area contributed by atoms with E-state index in [1.165, 1.54) is 12.1 Å². The lowest BCUT2D eigenvalue weighted by Gasteiger charge is -2.14. The summed E-state index contributed by atoms with van der Waals surface area (Å²) in [7, 11) is -4.46. The van der Waals surface area contributed by atoms with Gasteiger partial charge in [0.15, 0.2) is 11.6 Å². The standard InChI is InChI=1S/C21H14ClF2N5O4S2/c22-11-2-4-17(12(6-11)10-1-3-15-16(5-10)28-20(30)27-15)33-18-7-14(24)19(8-13(18)23)35(31,32)29-21-25-9-26-34-21/h1-9,20,27-28,30H,(H,25,26,29). The molecular weight excluding hydrogens is 524 g/mol. The zero-order valence-electron chi connectivity index (χ0n) is 17.3. The van der Waals surface area contributed by atoms with Crippen LogP contribution in [0.2, 0.25) is 5.02 Å². The first-order valence-corrected chi connectivity index (χ1v) is 12.4. The first kappa shape index (κ1) is 23.2. The van der Waals surface area contributed by atoms with E-state index in [1.807, 2.05) is 4.72 Å². The first-order valence-electron chi connectivity index (χ1n) is 9.81. The van der Waals surface area contributed by atoms with Crippen LogP contribution in [0, 0.1) is 11.6 Å². The SMILES string of the molecule is O=S(=O)(Nc1ncns1)c1cc(F)c(Oc2ccc(Cl)cc2-c2ccc3c(c2)NC(O)N3)cc1F. The van der Waals surface area contributed by atoms with Crippen molar-refractivity contribution in [2.45, 2.75) is 11.2 Å². The largest absolute Gasteiger partial charge is 0.454 e. The number of aromatic nitrogens is 2. The molecule has 1 unspecified atom stereocenters. The van der Waals surface area contributed by atoms with E-state index >= 15 is 0 Å². The van der Waals surface area contributed by atoms with Gasteiger partial charge in [-0.3, -0.25) is 4.72 Å². The Morgan fingerprint density at radius 1 is 1.03 bits per heavy atom. The summed E-state index contributed by atoms with van der Waals surface area (Å²) in [4.78, 5) is 2.75. The number of benzene rings is 3. The number of aliphatic hydroxyl groups is 1. The highest BCUT2D eigenvalue weighted by Crippen LogP contribution is 2.40. The van der Waals surface area contributed by atoms with Gasteiger partial charge < -0.3 is 20.5 Å². The van der Waals surface area contributed by atoms with Gasteiger partial charge in [-0.15, -0.1) is 0 Å². The Morgan fingerprint density at radius 3 is 2.60 bits per heavy atom. The van der Waals surface area contributed by atoms with Crippen LogP contribution >= 0.6 is 23.1 Å². The lowest BCUT2D eigenvalue weighted by molar-refractivity contribution is 0.238. The quantitative estimate of drug-likeness (QED) is 0.275. The van der Waals surface area contributed by atoms with Gasteiger partial charge in [0.1, 0.15) is 22.8 Å².